The van der Waals surface area contributed by atoms with Crippen LogP contribution >= 0.6 is 0 Å². The average Bonchev–Trinajstić information content (AvgIpc) is 2.43. The largest absolute Gasteiger partial charge is 0.326 e. The second kappa shape index (κ2) is 7.02. The first-order valence-electron chi connectivity index (χ1n) is 6.83. The Morgan fingerprint density at radius 3 is 2.50 bits per heavy atom. The summed E-state index contributed by atoms with van der Waals surface area (Å²) in [5.74, 6) is 0. The molecule has 4 nitrogen and oxygen atoms in total. The van der Waals surface area contributed by atoms with Gasteiger partial charge in [-0.2, -0.15) is 4.31 Å². The molecular weight excluding hydrogens is 272 g/mol. The quantitative estimate of drug-likeness (QED) is 0.785. The number of benzene rings is 1. The van der Waals surface area contributed by atoms with Crippen molar-refractivity contribution in [2.45, 2.75) is 44.7 Å². The van der Waals surface area contributed by atoms with Gasteiger partial charge < -0.3 is 5.73 Å². The molecule has 0 amide bonds. The summed E-state index contributed by atoms with van der Waals surface area (Å²) in [4.78, 5) is 0.360. The topological polar surface area (TPSA) is 63.4 Å². The molecular formula is C15H24N2O2S. The van der Waals surface area contributed by atoms with Gasteiger partial charge in [-0.05, 0) is 37.5 Å². The highest BCUT2D eigenvalue weighted by Gasteiger charge is 2.28. The van der Waals surface area contributed by atoms with E-state index in [0.717, 1.165) is 11.1 Å². The molecule has 112 valence electrons. The molecule has 0 atom stereocenters. The molecule has 0 aromatic heterocycles. The lowest BCUT2D eigenvalue weighted by Crippen LogP contribution is -2.37. The van der Waals surface area contributed by atoms with Crippen molar-refractivity contribution in [3.63, 3.8) is 0 Å². The number of nitrogens with two attached hydrogens (primary N) is 1. The van der Waals surface area contributed by atoms with Gasteiger partial charge in [-0.15, -0.1) is 6.58 Å². The average molecular weight is 296 g/mol. The molecule has 1 rings (SSSR count). The lowest BCUT2D eigenvalue weighted by Gasteiger charge is -2.26. The van der Waals surface area contributed by atoms with Gasteiger partial charge in [-0.25, -0.2) is 8.42 Å². The van der Waals surface area contributed by atoms with E-state index < -0.39 is 10.0 Å². The van der Waals surface area contributed by atoms with Crippen LogP contribution in [0.1, 0.15) is 31.9 Å². The molecule has 5 heteroatoms. The first-order chi connectivity index (χ1) is 9.38. The van der Waals surface area contributed by atoms with Gasteiger partial charge in [-0.3, -0.25) is 0 Å². The normalized spacial score (nSPS) is 12.1. The zero-order valence-corrected chi connectivity index (χ0v) is 13.3. The van der Waals surface area contributed by atoms with Crippen LogP contribution in [0.15, 0.2) is 35.7 Å². The molecule has 1 aromatic rings. The number of sulfonamides is 1. The van der Waals surface area contributed by atoms with Gasteiger partial charge in [0.1, 0.15) is 0 Å². The molecule has 0 saturated heterocycles. The van der Waals surface area contributed by atoms with Crippen LogP contribution in [-0.2, 0) is 23.0 Å². The third kappa shape index (κ3) is 3.48. The Morgan fingerprint density at radius 2 is 2.05 bits per heavy atom. The minimum atomic E-state index is -3.53. The third-order valence-electron chi connectivity index (χ3n) is 3.22. The molecule has 2 N–H and O–H groups in total. The Hall–Kier alpha value is -1.17. The van der Waals surface area contributed by atoms with Crippen molar-refractivity contribution in [2.24, 2.45) is 5.73 Å². The number of rotatable bonds is 7. The Balaban J connectivity index is 3.42. The van der Waals surface area contributed by atoms with E-state index in [2.05, 4.69) is 6.58 Å². The van der Waals surface area contributed by atoms with Crippen molar-refractivity contribution in [1.82, 2.24) is 4.31 Å². The second-order valence-electron chi connectivity index (χ2n) is 4.96. The highest BCUT2D eigenvalue weighted by molar-refractivity contribution is 7.89. The van der Waals surface area contributed by atoms with Crippen LogP contribution in [-0.4, -0.2) is 25.3 Å². The van der Waals surface area contributed by atoms with E-state index in [0.29, 0.717) is 24.4 Å². The maximum atomic E-state index is 12.8. The number of hydrogen-bond acceptors (Lipinski definition) is 3. The van der Waals surface area contributed by atoms with Crippen LogP contribution < -0.4 is 5.73 Å². The maximum Gasteiger partial charge on any atom is 0.243 e. The van der Waals surface area contributed by atoms with E-state index in [9.17, 15) is 8.42 Å². The number of hydrogen-bond donors (Lipinski definition) is 1. The van der Waals surface area contributed by atoms with Crippen LogP contribution in [0.25, 0.3) is 0 Å². The van der Waals surface area contributed by atoms with Gasteiger partial charge in [0, 0.05) is 19.1 Å². The monoisotopic (exact) mass is 296 g/mol. The number of nitrogens with zero attached hydrogens (tertiary/aromatic N) is 1. The first kappa shape index (κ1) is 16.9. The van der Waals surface area contributed by atoms with E-state index in [1.807, 2.05) is 32.9 Å². The van der Waals surface area contributed by atoms with Gasteiger partial charge >= 0.3 is 0 Å². The fourth-order valence-corrected chi connectivity index (χ4v) is 4.05. The molecule has 0 saturated carbocycles. The van der Waals surface area contributed by atoms with Gasteiger partial charge in [0.15, 0.2) is 0 Å². The molecule has 0 heterocycles. The smallest absolute Gasteiger partial charge is 0.243 e. The van der Waals surface area contributed by atoms with Crippen LogP contribution in [0.2, 0.25) is 0 Å². The summed E-state index contributed by atoms with van der Waals surface area (Å²) in [5.41, 5.74) is 7.26. The molecule has 0 radical (unpaired) electrons. The van der Waals surface area contributed by atoms with Crippen LogP contribution in [0.5, 0.6) is 0 Å². The minimum Gasteiger partial charge on any atom is -0.326 e. The molecule has 0 aliphatic heterocycles. The standard InChI is InChI=1S/C15H24N2O2S/c1-5-9-17(12(3)4)20(18,19)15-10-13(11-16)7-8-14(15)6-2/h5,7-8,10,12H,1,6,9,11,16H2,2-4H3. The van der Waals surface area contributed by atoms with Crippen LogP contribution in [0.3, 0.4) is 0 Å². The van der Waals surface area contributed by atoms with Crippen LogP contribution in [0, 0.1) is 0 Å². The van der Waals surface area contributed by atoms with Crippen molar-refractivity contribution >= 4 is 10.0 Å². The molecule has 20 heavy (non-hydrogen) atoms. The molecule has 0 unspecified atom stereocenters. The fraction of sp³-hybridized carbons (Fsp3) is 0.467. The van der Waals surface area contributed by atoms with Gasteiger partial charge in [0.25, 0.3) is 0 Å². The van der Waals surface area contributed by atoms with E-state index >= 15 is 0 Å². The summed E-state index contributed by atoms with van der Waals surface area (Å²) >= 11 is 0. The molecule has 0 aliphatic carbocycles. The first-order valence-corrected chi connectivity index (χ1v) is 8.27. The molecule has 0 bridgehead atoms. The van der Waals surface area contributed by atoms with E-state index in [4.69, 9.17) is 5.73 Å². The summed E-state index contributed by atoms with van der Waals surface area (Å²) in [6.07, 6.45) is 2.27. The summed E-state index contributed by atoms with van der Waals surface area (Å²) in [6, 6.07) is 5.29. The molecule has 0 spiro atoms. The van der Waals surface area contributed by atoms with Crippen LogP contribution in [0.4, 0.5) is 0 Å². The highest BCUT2D eigenvalue weighted by Crippen LogP contribution is 2.24. The van der Waals surface area contributed by atoms with Gasteiger partial charge in [0.2, 0.25) is 10.0 Å². The lowest BCUT2D eigenvalue weighted by molar-refractivity contribution is 0.382. The Labute approximate surface area is 122 Å². The summed E-state index contributed by atoms with van der Waals surface area (Å²) in [5, 5.41) is 0. The van der Waals surface area contributed by atoms with E-state index in [-0.39, 0.29) is 6.04 Å². The van der Waals surface area contributed by atoms with Gasteiger partial charge in [0.05, 0.1) is 4.90 Å². The third-order valence-corrected chi connectivity index (χ3v) is 5.34. The maximum absolute atomic E-state index is 12.8. The van der Waals surface area contributed by atoms with E-state index in [1.165, 1.54) is 4.31 Å². The Bertz CT molecular complexity index is 565. The van der Waals surface area contributed by atoms with Crippen molar-refractivity contribution in [1.29, 1.82) is 0 Å². The van der Waals surface area contributed by atoms with Crippen molar-refractivity contribution in [3.05, 3.63) is 42.0 Å². The number of aryl methyl sites for hydroxylation is 1. The minimum absolute atomic E-state index is 0.121. The molecule has 0 aliphatic rings. The predicted octanol–water partition coefficient (Wildman–Crippen LogP) is 2.29. The van der Waals surface area contributed by atoms with Crippen molar-refractivity contribution in [2.75, 3.05) is 6.54 Å². The summed E-state index contributed by atoms with van der Waals surface area (Å²) in [6.45, 7) is 9.94. The Kier molecular flexibility index (Phi) is 5.92. The second-order valence-corrected chi connectivity index (χ2v) is 6.82. The fourth-order valence-electron chi connectivity index (χ4n) is 2.10. The van der Waals surface area contributed by atoms with Gasteiger partial charge in [-0.1, -0.05) is 25.1 Å². The Morgan fingerprint density at radius 1 is 1.40 bits per heavy atom. The molecule has 0 fully saturated rings. The highest BCUT2D eigenvalue weighted by atomic mass is 32.2. The predicted molar refractivity (Wildman–Crippen MR) is 82.9 cm³/mol. The van der Waals surface area contributed by atoms with Crippen molar-refractivity contribution in [3.8, 4) is 0 Å². The van der Waals surface area contributed by atoms with E-state index in [1.54, 1.807) is 12.1 Å². The lowest BCUT2D eigenvalue weighted by atomic mass is 10.1. The summed E-state index contributed by atoms with van der Waals surface area (Å²) in [7, 11) is -3.53. The zero-order valence-electron chi connectivity index (χ0n) is 12.5. The SMILES string of the molecule is C=CCN(C(C)C)S(=O)(=O)c1cc(CN)ccc1CC. The zero-order chi connectivity index (χ0) is 15.3. The van der Waals surface area contributed by atoms with Crippen molar-refractivity contribution < 1.29 is 8.42 Å². The molecule has 1 aromatic carbocycles. The summed E-state index contributed by atoms with van der Waals surface area (Å²) < 4.78 is 27.2.